The molecule has 0 saturated heterocycles. The fourth-order valence-electron chi connectivity index (χ4n) is 1.47. The molecule has 0 aliphatic heterocycles. The molecule has 0 radical (unpaired) electrons. The molecule has 0 aliphatic rings. The van der Waals surface area contributed by atoms with Crippen molar-refractivity contribution in [1.82, 2.24) is 4.98 Å². The molecule has 0 atom stereocenters. The molecule has 0 fully saturated rings. The number of H-pyrrole nitrogens is 1. The minimum absolute atomic E-state index is 0.0725. The van der Waals surface area contributed by atoms with E-state index in [0.29, 0.717) is 11.8 Å². The average Bonchev–Trinajstić information content (AvgIpc) is 2.82. The van der Waals surface area contributed by atoms with Crippen molar-refractivity contribution in [2.45, 2.75) is 11.4 Å². The molecule has 0 amide bonds. The van der Waals surface area contributed by atoms with Gasteiger partial charge in [0.2, 0.25) is 0 Å². The topological polar surface area (TPSA) is 88.0 Å². The number of hydrogen-bond donors (Lipinski definition) is 3. The summed E-state index contributed by atoms with van der Waals surface area (Å²) < 4.78 is 52.0. The number of nitrogens with one attached hydrogen (secondary N) is 2. The van der Waals surface area contributed by atoms with E-state index >= 15 is 0 Å². The highest BCUT2D eigenvalue weighted by molar-refractivity contribution is 7.92. The third-order valence-electron chi connectivity index (χ3n) is 2.42. The fraction of sp³-hybridized carbons (Fsp3) is 0.0909. The summed E-state index contributed by atoms with van der Waals surface area (Å²) in [5, 5.41) is 0. The molecule has 4 N–H and O–H groups in total. The molecule has 2 rings (SSSR count). The van der Waals surface area contributed by atoms with Crippen molar-refractivity contribution >= 4 is 15.7 Å². The third-order valence-corrected chi connectivity index (χ3v) is 3.77. The first-order chi connectivity index (χ1) is 8.92. The van der Waals surface area contributed by atoms with Crippen LogP contribution in [-0.2, 0) is 16.6 Å². The highest BCUT2D eigenvalue weighted by Crippen LogP contribution is 2.20. The third kappa shape index (κ3) is 2.91. The lowest BCUT2D eigenvalue weighted by Crippen LogP contribution is -2.13. The molecule has 0 spiro atoms. The van der Waals surface area contributed by atoms with Gasteiger partial charge < -0.3 is 10.7 Å². The number of sulfonamides is 1. The second kappa shape index (κ2) is 4.98. The van der Waals surface area contributed by atoms with Crippen molar-refractivity contribution in [2.75, 3.05) is 4.72 Å². The van der Waals surface area contributed by atoms with Crippen LogP contribution in [0, 0.1) is 11.6 Å². The zero-order valence-electron chi connectivity index (χ0n) is 9.65. The average molecular weight is 287 g/mol. The van der Waals surface area contributed by atoms with Crippen LogP contribution in [0.1, 0.15) is 5.69 Å². The Balaban J connectivity index is 2.30. The zero-order chi connectivity index (χ0) is 14.0. The van der Waals surface area contributed by atoms with Crippen LogP contribution in [0.3, 0.4) is 0 Å². The molecule has 2 aromatic rings. The van der Waals surface area contributed by atoms with E-state index in [9.17, 15) is 17.2 Å². The number of halogens is 2. The van der Waals surface area contributed by atoms with E-state index in [2.05, 4.69) is 4.98 Å². The standard InChI is InChI=1S/C11H11F2N3O2S/c12-7-1-2-11(10(13)3-7)16-19(17,18)9-4-8(5-14)15-6-9/h1-4,6,15-16H,5,14H2. The van der Waals surface area contributed by atoms with E-state index in [1.165, 1.54) is 12.3 Å². The number of rotatable bonds is 4. The van der Waals surface area contributed by atoms with Gasteiger partial charge in [0.1, 0.15) is 16.5 Å². The van der Waals surface area contributed by atoms with Gasteiger partial charge in [-0.1, -0.05) is 0 Å². The number of nitrogens with two attached hydrogens (primary N) is 1. The van der Waals surface area contributed by atoms with Crippen LogP contribution in [0.25, 0.3) is 0 Å². The number of aromatic nitrogens is 1. The summed E-state index contributed by atoms with van der Waals surface area (Å²) >= 11 is 0. The first-order valence-corrected chi connectivity index (χ1v) is 6.76. The summed E-state index contributed by atoms with van der Waals surface area (Å²) in [6.07, 6.45) is 1.24. The monoisotopic (exact) mass is 287 g/mol. The highest BCUT2D eigenvalue weighted by atomic mass is 32.2. The van der Waals surface area contributed by atoms with Gasteiger partial charge in [-0.15, -0.1) is 0 Å². The molecule has 1 aromatic carbocycles. The summed E-state index contributed by atoms with van der Waals surface area (Å²) in [7, 11) is -3.94. The van der Waals surface area contributed by atoms with Crippen molar-refractivity contribution < 1.29 is 17.2 Å². The number of anilines is 1. The largest absolute Gasteiger partial charge is 0.363 e. The number of benzene rings is 1. The van der Waals surface area contributed by atoms with Gasteiger partial charge >= 0.3 is 0 Å². The zero-order valence-corrected chi connectivity index (χ0v) is 10.5. The lowest BCUT2D eigenvalue weighted by molar-refractivity contribution is 0.583. The second-order valence-corrected chi connectivity index (χ2v) is 5.48. The molecule has 1 heterocycles. The summed E-state index contributed by atoms with van der Waals surface area (Å²) in [6, 6.07) is 3.91. The van der Waals surface area contributed by atoms with Crippen molar-refractivity contribution in [1.29, 1.82) is 0 Å². The van der Waals surface area contributed by atoms with Gasteiger partial charge in [-0.25, -0.2) is 17.2 Å². The Morgan fingerprint density at radius 1 is 1.26 bits per heavy atom. The van der Waals surface area contributed by atoms with Crippen LogP contribution < -0.4 is 10.5 Å². The van der Waals surface area contributed by atoms with E-state index in [1.54, 1.807) is 0 Å². The lowest BCUT2D eigenvalue weighted by Gasteiger charge is -2.07. The Kier molecular flexibility index (Phi) is 3.54. The molecule has 5 nitrogen and oxygen atoms in total. The number of aromatic amines is 1. The minimum Gasteiger partial charge on any atom is -0.363 e. The molecule has 1 aromatic heterocycles. The first kappa shape index (κ1) is 13.5. The normalized spacial score (nSPS) is 11.5. The Morgan fingerprint density at radius 3 is 2.58 bits per heavy atom. The van der Waals surface area contributed by atoms with Crippen LogP contribution in [0.4, 0.5) is 14.5 Å². The molecular formula is C11H11F2N3O2S. The molecule has 8 heteroatoms. The maximum Gasteiger partial charge on any atom is 0.263 e. The van der Waals surface area contributed by atoms with Crippen LogP contribution >= 0.6 is 0 Å². The summed E-state index contributed by atoms with van der Waals surface area (Å²) in [6.45, 7) is 0.153. The van der Waals surface area contributed by atoms with Crippen molar-refractivity contribution in [3.05, 3.63) is 47.8 Å². The highest BCUT2D eigenvalue weighted by Gasteiger charge is 2.18. The van der Waals surface area contributed by atoms with Crippen LogP contribution in [0.2, 0.25) is 0 Å². The Morgan fingerprint density at radius 2 is 2.00 bits per heavy atom. The second-order valence-electron chi connectivity index (χ2n) is 3.79. The molecule has 0 bridgehead atoms. The van der Waals surface area contributed by atoms with Crippen molar-refractivity contribution in [3.8, 4) is 0 Å². The molecular weight excluding hydrogens is 276 g/mol. The number of hydrogen-bond acceptors (Lipinski definition) is 3. The quantitative estimate of drug-likeness (QED) is 0.797. The summed E-state index contributed by atoms with van der Waals surface area (Å²) in [5.74, 6) is -1.77. The lowest BCUT2D eigenvalue weighted by atomic mass is 10.3. The summed E-state index contributed by atoms with van der Waals surface area (Å²) in [4.78, 5) is 2.60. The van der Waals surface area contributed by atoms with E-state index in [0.717, 1.165) is 12.1 Å². The van der Waals surface area contributed by atoms with Gasteiger partial charge in [0.25, 0.3) is 10.0 Å². The summed E-state index contributed by atoms with van der Waals surface area (Å²) in [5.41, 5.74) is 5.56. The molecule has 0 saturated carbocycles. The van der Waals surface area contributed by atoms with Crippen LogP contribution in [0.5, 0.6) is 0 Å². The first-order valence-electron chi connectivity index (χ1n) is 5.27. The fourth-order valence-corrected chi connectivity index (χ4v) is 2.55. The molecule has 0 aliphatic carbocycles. The van der Waals surface area contributed by atoms with Gasteiger partial charge in [-0.2, -0.15) is 0 Å². The van der Waals surface area contributed by atoms with Crippen LogP contribution in [-0.4, -0.2) is 13.4 Å². The van der Waals surface area contributed by atoms with Gasteiger partial charge in [0.15, 0.2) is 0 Å². The molecule has 0 unspecified atom stereocenters. The van der Waals surface area contributed by atoms with E-state index < -0.39 is 21.7 Å². The molecule has 19 heavy (non-hydrogen) atoms. The van der Waals surface area contributed by atoms with Crippen LogP contribution in [0.15, 0.2) is 35.4 Å². The van der Waals surface area contributed by atoms with Gasteiger partial charge in [-0.3, -0.25) is 4.72 Å². The van der Waals surface area contributed by atoms with E-state index in [4.69, 9.17) is 5.73 Å². The van der Waals surface area contributed by atoms with Crippen molar-refractivity contribution in [2.24, 2.45) is 5.73 Å². The smallest absolute Gasteiger partial charge is 0.263 e. The Bertz CT molecular complexity index is 698. The van der Waals surface area contributed by atoms with E-state index in [1.807, 2.05) is 4.72 Å². The van der Waals surface area contributed by atoms with E-state index in [-0.39, 0.29) is 17.1 Å². The predicted octanol–water partition coefficient (Wildman–Crippen LogP) is 1.55. The minimum atomic E-state index is -3.94. The molecule has 102 valence electrons. The maximum atomic E-state index is 13.4. The Hall–Kier alpha value is -1.93. The van der Waals surface area contributed by atoms with Gasteiger partial charge in [0.05, 0.1) is 5.69 Å². The maximum absolute atomic E-state index is 13.4. The SMILES string of the molecule is NCc1cc(S(=O)(=O)Nc2ccc(F)cc2F)c[nH]1. The predicted molar refractivity (Wildman–Crippen MR) is 65.9 cm³/mol. The van der Waals surface area contributed by atoms with Gasteiger partial charge in [-0.05, 0) is 18.2 Å². The van der Waals surface area contributed by atoms with Crippen molar-refractivity contribution in [3.63, 3.8) is 0 Å². The Labute approximate surface area is 108 Å². The van der Waals surface area contributed by atoms with Gasteiger partial charge in [0, 0.05) is 24.5 Å².